The molecule has 4 aromatic rings. The van der Waals surface area contributed by atoms with E-state index in [-0.39, 0.29) is 18.3 Å². The van der Waals surface area contributed by atoms with Crippen LogP contribution in [0.25, 0.3) is 22.5 Å². The highest BCUT2D eigenvalue weighted by molar-refractivity contribution is 6.00. The molecule has 0 aliphatic rings. The van der Waals surface area contributed by atoms with Crippen molar-refractivity contribution in [3.8, 4) is 22.5 Å². The molecule has 0 spiro atoms. The normalized spacial score (nSPS) is 12.8. The third kappa shape index (κ3) is 5.36. The Kier molecular flexibility index (Phi) is 7.41. The van der Waals surface area contributed by atoms with Gasteiger partial charge in [-0.25, -0.2) is 4.39 Å². The summed E-state index contributed by atoms with van der Waals surface area (Å²) in [4.78, 5) is 17.7. The zero-order valence-corrected chi connectivity index (χ0v) is 18.6. The van der Waals surface area contributed by atoms with Crippen LogP contribution in [0.5, 0.6) is 0 Å². The van der Waals surface area contributed by atoms with E-state index in [9.17, 15) is 14.3 Å². The number of pyridine rings is 1. The van der Waals surface area contributed by atoms with Crippen molar-refractivity contribution in [3.05, 3.63) is 96.1 Å². The van der Waals surface area contributed by atoms with Gasteiger partial charge in [0.05, 0.1) is 24.0 Å². The molecule has 7 nitrogen and oxygen atoms in total. The molecule has 3 N–H and O–H groups in total. The highest BCUT2D eigenvalue weighted by atomic mass is 19.1. The van der Waals surface area contributed by atoms with Gasteiger partial charge in [-0.15, -0.1) is 0 Å². The molecule has 0 radical (unpaired) electrons. The smallest absolute Gasteiger partial charge is 0.252 e. The molecule has 4 rings (SSSR count). The second-order valence-electron chi connectivity index (χ2n) is 7.78. The number of halogens is 1. The van der Waals surface area contributed by atoms with Gasteiger partial charge in [-0.3, -0.25) is 14.9 Å². The average Bonchev–Trinajstić information content (AvgIpc) is 3.36. The van der Waals surface area contributed by atoms with Crippen molar-refractivity contribution in [1.82, 2.24) is 20.5 Å². The molecule has 0 aliphatic heterocycles. The third-order valence-corrected chi connectivity index (χ3v) is 5.58. The minimum Gasteiger partial charge on any atom is -0.394 e. The van der Waals surface area contributed by atoms with Crippen molar-refractivity contribution in [3.63, 3.8) is 0 Å². The van der Waals surface area contributed by atoms with E-state index in [0.717, 1.165) is 11.3 Å². The molecule has 2 atom stereocenters. The van der Waals surface area contributed by atoms with Gasteiger partial charge in [0.25, 0.3) is 5.91 Å². The minimum atomic E-state index is -0.602. The van der Waals surface area contributed by atoms with E-state index < -0.39 is 12.1 Å². The molecule has 1 amide bonds. The fourth-order valence-corrected chi connectivity index (χ4v) is 3.78. The number of H-pyrrole nitrogens is 1. The zero-order valence-electron chi connectivity index (χ0n) is 18.6. The van der Waals surface area contributed by atoms with Gasteiger partial charge in [-0.05, 0) is 48.5 Å². The van der Waals surface area contributed by atoms with Crippen LogP contribution >= 0.6 is 0 Å². The van der Waals surface area contributed by atoms with E-state index in [1.54, 1.807) is 30.5 Å². The third-order valence-electron chi connectivity index (χ3n) is 5.58. The monoisotopic (exact) mass is 460 g/mol. The first-order valence-corrected chi connectivity index (χ1v) is 10.8. The van der Waals surface area contributed by atoms with Crippen LogP contribution < -0.4 is 5.32 Å². The van der Waals surface area contributed by atoms with Gasteiger partial charge >= 0.3 is 0 Å². The lowest BCUT2D eigenvalue weighted by molar-refractivity contribution is 0.0214. The molecule has 34 heavy (non-hydrogen) atoms. The summed E-state index contributed by atoms with van der Waals surface area (Å²) in [5, 5.41) is 20.1. The van der Waals surface area contributed by atoms with Crippen LogP contribution in [-0.2, 0) is 11.2 Å². The Hall–Kier alpha value is -3.88. The molecule has 2 aromatic heterocycles. The molecule has 2 heterocycles. The summed E-state index contributed by atoms with van der Waals surface area (Å²) < 4.78 is 18.7. The average molecular weight is 461 g/mol. The maximum atomic E-state index is 13.3. The van der Waals surface area contributed by atoms with Crippen LogP contribution in [0.15, 0.2) is 79.0 Å². The predicted octanol–water partition coefficient (Wildman–Crippen LogP) is 3.63. The van der Waals surface area contributed by atoms with Gasteiger partial charge in [-0.1, -0.05) is 24.3 Å². The Labute approximate surface area is 196 Å². The fraction of sp³-hybridized carbons (Fsp3) is 0.192. The molecule has 0 fully saturated rings. The number of amides is 1. The minimum absolute atomic E-state index is 0.252. The van der Waals surface area contributed by atoms with Gasteiger partial charge in [0, 0.05) is 42.1 Å². The van der Waals surface area contributed by atoms with Crippen molar-refractivity contribution < 1.29 is 19.0 Å². The second-order valence-corrected chi connectivity index (χ2v) is 7.78. The summed E-state index contributed by atoms with van der Waals surface area (Å²) in [6.45, 7) is -0.252. The van der Waals surface area contributed by atoms with Crippen LogP contribution in [0.4, 0.5) is 4.39 Å². The molecular weight excluding hydrogens is 435 g/mol. The first-order valence-electron chi connectivity index (χ1n) is 10.8. The lowest BCUT2D eigenvalue weighted by Crippen LogP contribution is -2.47. The molecule has 0 saturated carbocycles. The maximum Gasteiger partial charge on any atom is 0.252 e. The Morgan fingerprint density at radius 2 is 1.88 bits per heavy atom. The molecule has 174 valence electrons. The summed E-state index contributed by atoms with van der Waals surface area (Å²) >= 11 is 0. The molecular formula is C26H25FN4O3. The predicted molar refractivity (Wildman–Crippen MR) is 126 cm³/mol. The van der Waals surface area contributed by atoms with Gasteiger partial charge in [0.2, 0.25) is 0 Å². The van der Waals surface area contributed by atoms with Crippen molar-refractivity contribution in [2.45, 2.75) is 18.6 Å². The lowest BCUT2D eigenvalue weighted by atomic mass is 10.0. The Balaban J connectivity index is 1.60. The number of hydrogen-bond donors (Lipinski definition) is 3. The van der Waals surface area contributed by atoms with Crippen molar-refractivity contribution in [2.24, 2.45) is 0 Å². The van der Waals surface area contributed by atoms with E-state index in [4.69, 9.17) is 4.74 Å². The number of benzene rings is 2. The van der Waals surface area contributed by atoms with E-state index in [0.29, 0.717) is 28.9 Å². The SMILES string of the molecule is CO[C@H](CO)[C@@H](Cc1ccccn1)NC(=O)c1ccccc1-c1cc(-c2ccc(F)cc2)n[nH]1. The van der Waals surface area contributed by atoms with E-state index in [2.05, 4.69) is 20.5 Å². The first-order chi connectivity index (χ1) is 16.6. The number of hydrogen-bond acceptors (Lipinski definition) is 5. The van der Waals surface area contributed by atoms with Crippen LogP contribution in [0.2, 0.25) is 0 Å². The van der Waals surface area contributed by atoms with Gasteiger partial charge < -0.3 is 15.2 Å². The summed E-state index contributed by atoms with van der Waals surface area (Å²) in [6, 6.07) is 20.1. The largest absolute Gasteiger partial charge is 0.394 e. The fourth-order valence-electron chi connectivity index (χ4n) is 3.78. The van der Waals surface area contributed by atoms with E-state index in [1.165, 1.54) is 19.2 Å². The number of carbonyl (C=O) groups is 1. The van der Waals surface area contributed by atoms with Crippen LogP contribution in [0.1, 0.15) is 16.1 Å². The first kappa shape index (κ1) is 23.3. The second kappa shape index (κ2) is 10.8. The molecule has 8 heteroatoms. The highest BCUT2D eigenvalue weighted by Crippen LogP contribution is 2.27. The quantitative estimate of drug-likeness (QED) is 0.354. The summed E-state index contributed by atoms with van der Waals surface area (Å²) in [6.07, 6.45) is 1.48. The van der Waals surface area contributed by atoms with Crippen LogP contribution in [0.3, 0.4) is 0 Å². The van der Waals surface area contributed by atoms with E-state index >= 15 is 0 Å². The summed E-state index contributed by atoms with van der Waals surface area (Å²) in [5.74, 6) is -0.635. The number of rotatable bonds is 9. The number of aliphatic hydroxyl groups excluding tert-OH is 1. The highest BCUT2D eigenvalue weighted by Gasteiger charge is 2.25. The molecule has 0 unspecified atom stereocenters. The number of aromatic amines is 1. The van der Waals surface area contributed by atoms with Gasteiger partial charge in [0.1, 0.15) is 11.9 Å². The number of nitrogens with one attached hydrogen (secondary N) is 2. The van der Waals surface area contributed by atoms with Crippen molar-refractivity contribution in [2.75, 3.05) is 13.7 Å². The van der Waals surface area contributed by atoms with E-state index in [1.807, 2.05) is 36.4 Å². The van der Waals surface area contributed by atoms with Crippen molar-refractivity contribution in [1.29, 1.82) is 0 Å². The molecule has 0 bridgehead atoms. The number of ether oxygens (including phenoxy) is 1. The van der Waals surface area contributed by atoms with Gasteiger partial charge in [0.15, 0.2) is 0 Å². The van der Waals surface area contributed by atoms with Crippen LogP contribution in [0, 0.1) is 5.82 Å². The summed E-state index contributed by atoms with van der Waals surface area (Å²) in [7, 11) is 1.49. The van der Waals surface area contributed by atoms with Crippen LogP contribution in [-0.4, -0.2) is 52.1 Å². The standard InChI is InChI=1S/C26H25FN4O3/c1-34-25(16-32)24(14-19-6-4-5-13-28-19)29-26(33)21-8-3-2-7-20(21)23-15-22(30-31-23)17-9-11-18(27)12-10-17/h2-13,15,24-25,32H,14,16H2,1H3,(H,29,33)(H,30,31)/t24-,25-/m1/s1. The number of carbonyl (C=O) groups excluding carboxylic acids is 1. The maximum absolute atomic E-state index is 13.3. The number of aromatic nitrogens is 3. The lowest BCUT2D eigenvalue weighted by Gasteiger charge is -2.26. The Morgan fingerprint density at radius 3 is 2.59 bits per heavy atom. The number of aliphatic hydroxyl groups is 1. The Morgan fingerprint density at radius 1 is 1.12 bits per heavy atom. The molecule has 0 aliphatic carbocycles. The zero-order chi connectivity index (χ0) is 23.9. The number of methoxy groups -OCH3 is 1. The topological polar surface area (TPSA) is 100 Å². The molecule has 0 saturated heterocycles. The molecule has 2 aromatic carbocycles. The van der Waals surface area contributed by atoms with Crippen molar-refractivity contribution >= 4 is 5.91 Å². The summed E-state index contributed by atoms with van der Waals surface area (Å²) in [5.41, 5.74) is 3.92. The number of nitrogens with zero attached hydrogens (tertiary/aromatic N) is 2. The Bertz CT molecular complexity index is 1220. The van der Waals surface area contributed by atoms with Gasteiger partial charge in [-0.2, -0.15) is 5.10 Å².